The summed E-state index contributed by atoms with van der Waals surface area (Å²) in [6.45, 7) is 3.96. The summed E-state index contributed by atoms with van der Waals surface area (Å²) in [6, 6.07) is 0. The minimum Gasteiger partial charge on any atom is -1.00 e. The van der Waals surface area contributed by atoms with Crippen molar-refractivity contribution in [2.45, 2.75) is 104 Å². The number of ketones is 1. The fraction of sp³-hybridized carbons (Fsp3) is 0.842. The molecule has 0 unspecified atom stereocenters. The van der Waals surface area contributed by atoms with Crippen molar-refractivity contribution in [3.05, 3.63) is 12.2 Å². The standard InChI is InChI=1S/C19H36O.2Na.2H/c1-3-4-5-6-7-8-9-10-11-12-13-14-15-16-17-18-19(2)20;;;;/h10-11H,3-9,12-18H2,1-2H3;;;;/q;2*+1;2*-1/b11-10-;;;;. The molecule has 0 aliphatic carbocycles. The van der Waals surface area contributed by atoms with Crippen molar-refractivity contribution in [1.29, 1.82) is 0 Å². The van der Waals surface area contributed by atoms with Crippen LogP contribution in [0, 0.1) is 0 Å². The van der Waals surface area contributed by atoms with Crippen LogP contribution in [0.4, 0.5) is 0 Å². The average Bonchev–Trinajstić information content (AvgIpc) is 2.43. The van der Waals surface area contributed by atoms with Gasteiger partial charge in [0, 0.05) is 6.42 Å². The smallest absolute Gasteiger partial charge is 1.00 e. The van der Waals surface area contributed by atoms with Gasteiger partial charge >= 0.3 is 59.1 Å². The molecule has 0 aromatic heterocycles. The van der Waals surface area contributed by atoms with Gasteiger partial charge in [-0.05, 0) is 39.0 Å². The van der Waals surface area contributed by atoms with E-state index in [1.165, 1.54) is 77.0 Å². The van der Waals surface area contributed by atoms with Crippen molar-refractivity contribution >= 4 is 5.78 Å². The number of hydrogen-bond acceptors (Lipinski definition) is 1. The van der Waals surface area contributed by atoms with E-state index in [1.54, 1.807) is 6.92 Å². The summed E-state index contributed by atoms with van der Waals surface area (Å²) in [5, 5.41) is 0. The molecule has 0 saturated carbocycles. The third-order valence-corrected chi connectivity index (χ3v) is 3.79. The maximum Gasteiger partial charge on any atom is 1.00 e. The Morgan fingerprint density at radius 3 is 1.59 bits per heavy atom. The summed E-state index contributed by atoms with van der Waals surface area (Å²) in [7, 11) is 0. The fourth-order valence-corrected chi connectivity index (χ4v) is 2.44. The van der Waals surface area contributed by atoms with Gasteiger partial charge < -0.3 is 7.65 Å². The molecule has 0 bridgehead atoms. The van der Waals surface area contributed by atoms with Crippen LogP contribution in [0.2, 0.25) is 0 Å². The van der Waals surface area contributed by atoms with Gasteiger partial charge in [-0.15, -0.1) is 0 Å². The Bertz CT molecular complexity index is 250. The van der Waals surface area contributed by atoms with E-state index in [4.69, 9.17) is 0 Å². The number of carbonyl (C=O) groups excluding carboxylic acids is 1. The van der Waals surface area contributed by atoms with E-state index in [2.05, 4.69) is 19.1 Å². The van der Waals surface area contributed by atoms with Crippen LogP contribution >= 0.6 is 0 Å². The van der Waals surface area contributed by atoms with Crippen LogP contribution in [0.1, 0.15) is 107 Å². The van der Waals surface area contributed by atoms with Gasteiger partial charge in [-0.1, -0.05) is 70.4 Å². The number of rotatable bonds is 15. The maximum atomic E-state index is 10.8. The molecular formula is C19H38Na2O. The molecule has 0 rings (SSSR count). The zero-order chi connectivity index (χ0) is 14.9. The molecule has 0 aliphatic rings. The number of allylic oxidation sites excluding steroid dienone is 2. The molecule has 0 amide bonds. The van der Waals surface area contributed by atoms with Crippen molar-refractivity contribution in [2.24, 2.45) is 0 Å². The van der Waals surface area contributed by atoms with Crippen LogP contribution in [0.5, 0.6) is 0 Å². The first-order chi connectivity index (χ1) is 9.77. The molecule has 0 heterocycles. The van der Waals surface area contributed by atoms with Gasteiger partial charge in [-0.2, -0.15) is 0 Å². The Morgan fingerprint density at radius 1 is 0.727 bits per heavy atom. The summed E-state index contributed by atoms with van der Waals surface area (Å²) in [4.78, 5) is 10.8. The van der Waals surface area contributed by atoms with Crippen molar-refractivity contribution in [3.8, 4) is 0 Å². The van der Waals surface area contributed by atoms with E-state index in [0.29, 0.717) is 5.78 Å². The minimum absolute atomic E-state index is 0. The molecule has 0 saturated heterocycles. The first kappa shape index (κ1) is 28.2. The first-order valence-corrected chi connectivity index (χ1v) is 8.91. The molecule has 122 valence electrons. The molecule has 0 atom stereocenters. The Kier molecular flexibility index (Phi) is 31.6. The Labute approximate surface area is 187 Å². The zero-order valence-corrected chi connectivity index (χ0v) is 20.0. The molecule has 0 aromatic rings. The van der Waals surface area contributed by atoms with E-state index >= 15 is 0 Å². The summed E-state index contributed by atoms with van der Waals surface area (Å²) < 4.78 is 0. The number of hydrogen-bond donors (Lipinski definition) is 0. The maximum absolute atomic E-state index is 10.8. The predicted molar refractivity (Wildman–Crippen MR) is 92.4 cm³/mol. The van der Waals surface area contributed by atoms with E-state index < -0.39 is 0 Å². The number of Topliss-reactive ketones (excluding diaryl/α,β-unsaturated/α-hetero) is 1. The van der Waals surface area contributed by atoms with Crippen molar-refractivity contribution < 1.29 is 66.8 Å². The van der Waals surface area contributed by atoms with E-state index in [9.17, 15) is 4.79 Å². The monoisotopic (exact) mass is 328 g/mol. The SMILES string of the molecule is CCCCCCCC/C=C\CCCCCCCC(C)=O.[H-].[H-].[Na+].[Na+]. The Balaban J connectivity index is -0.000000301. The zero-order valence-electron chi connectivity index (χ0n) is 18.0. The quantitative estimate of drug-likeness (QED) is 0.247. The molecule has 0 radical (unpaired) electrons. The van der Waals surface area contributed by atoms with Gasteiger partial charge in [-0.3, -0.25) is 0 Å². The van der Waals surface area contributed by atoms with Crippen molar-refractivity contribution in [3.63, 3.8) is 0 Å². The summed E-state index contributed by atoms with van der Waals surface area (Å²) >= 11 is 0. The van der Waals surface area contributed by atoms with Crippen LogP contribution in [-0.4, -0.2) is 5.78 Å². The second-order valence-corrected chi connectivity index (χ2v) is 6.04. The fourth-order valence-electron chi connectivity index (χ4n) is 2.44. The third kappa shape index (κ3) is 26.3. The second-order valence-electron chi connectivity index (χ2n) is 6.04. The van der Waals surface area contributed by atoms with Gasteiger partial charge in [0.05, 0.1) is 0 Å². The van der Waals surface area contributed by atoms with E-state index in [0.717, 1.165) is 12.8 Å². The normalized spacial score (nSPS) is 10.3. The molecule has 0 spiro atoms. The van der Waals surface area contributed by atoms with Crippen LogP contribution in [0.3, 0.4) is 0 Å². The van der Waals surface area contributed by atoms with Gasteiger partial charge in [0.2, 0.25) is 0 Å². The molecule has 22 heavy (non-hydrogen) atoms. The van der Waals surface area contributed by atoms with Crippen molar-refractivity contribution in [2.75, 3.05) is 0 Å². The summed E-state index contributed by atoms with van der Waals surface area (Å²) in [6.07, 6.45) is 22.6. The molecule has 1 nitrogen and oxygen atoms in total. The molecular weight excluding hydrogens is 290 g/mol. The Morgan fingerprint density at radius 2 is 1.14 bits per heavy atom. The van der Waals surface area contributed by atoms with E-state index in [-0.39, 0.29) is 62.0 Å². The molecule has 0 fully saturated rings. The van der Waals surface area contributed by atoms with E-state index in [1.807, 2.05) is 0 Å². The summed E-state index contributed by atoms with van der Waals surface area (Å²) in [5.74, 6) is 0.336. The van der Waals surface area contributed by atoms with Gasteiger partial charge in [0.25, 0.3) is 0 Å². The number of carbonyl (C=O) groups is 1. The largest absolute Gasteiger partial charge is 1.00 e. The minimum atomic E-state index is 0. The molecule has 0 N–H and O–H groups in total. The van der Waals surface area contributed by atoms with Crippen molar-refractivity contribution in [1.82, 2.24) is 0 Å². The van der Waals surface area contributed by atoms with Crippen LogP contribution in [0.25, 0.3) is 0 Å². The van der Waals surface area contributed by atoms with Gasteiger partial charge in [0.1, 0.15) is 5.78 Å². The Hall–Kier alpha value is 1.41. The third-order valence-electron chi connectivity index (χ3n) is 3.79. The van der Waals surface area contributed by atoms with Gasteiger partial charge in [-0.25, -0.2) is 0 Å². The average molecular weight is 328 g/mol. The summed E-state index contributed by atoms with van der Waals surface area (Å²) in [5.41, 5.74) is 0. The molecule has 0 aliphatic heterocycles. The van der Waals surface area contributed by atoms with Crippen LogP contribution in [0.15, 0.2) is 12.2 Å². The number of unbranched alkanes of at least 4 members (excludes halogenated alkanes) is 11. The van der Waals surface area contributed by atoms with Gasteiger partial charge in [0.15, 0.2) is 0 Å². The predicted octanol–water partition coefficient (Wildman–Crippen LogP) is 0.846. The van der Waals surface area contributed by atoms with Crippen LogP contribution < -0.4 is 59.1 Å². The first-order valence-electron chi connectivity index (χ1n) is 8.91. The second kappa shape index (κ2) is 24.7. The molecule has 0 aromatic carbocycles. The topological polar surface area (TPSA) is 17.1 Å². The van der Waals surface area contributed by atoms with Crippen LogP contribution in [-0.2, 0) is 4.79 Å². The molecule has 3 heteroatoms.